The molecule has 14 heavy (non-hydrogen) atoms. The number of hydrogen-bond acceptors (Lipinski definition) is 4. The molecule has 4 nitrogen and oxygen atoms in total. The lowest BCUT2D eigenvalue weighted by molar-refractivity contribution is 0.112. The van der Waals surface area contributed by atoms with Gasteiger partial charge in [0.15, 0.2) is 0 Å². The molecule has 0 spiro atoms. The molecule has 0 saturated carbocycles. The van der Waals surface area contributed by atoms with Crippen LogP contribution in [0.2, 0.25) is 0 Å². The molecule has 0 heterocycles. The molecule has 0 amide bonds. The van der Waals surface area contributed by atoms with Crippen LogP contribution in [0.3, 0.4) is 0 Å². The van der Waals surface area contributed by atoms with Crippen molar-refractivity contribution in [3.8, 4) is 5.75 Å². The van der Waals surface area contributed by atoms with Gasteiger partial charge in [0.1, 0.15) is 18.6 Å². The Hall–Kier alpha value is -1.39. The molecule has 0 aromatic heterocycles. The van der Waals surface area contributed by atoms with Crippen LogP contribution in [-0.4, -0.2) is 29.7 Å². The van der Waals surface area contributed by atoms with Crippen LogP contribution < -0.4 is 4.74 Å². The van der Waals surface area contributed by atoms with E-state index >= 15 is 0 Å². The van der Waals surface area contributed by atoms with E-state index in [1.165, 1.54) is 0 Å². The topological polar surface area (TPSA) is 66.8 Å². The molecule has 0 atom stereocenters. The maximum Gasteiger partial charge on any atom is 0.150 e. The van der Waals surface area contributed by atoms with E-state index in [-0.39, 0.29) is 19.8 Å². The van der Waals surface area contributed by atoms with Crippen molar-refractivity contribution in [1.82, 2.24) is 0 Å². The van der Waals surface area contributed by atoms with Crippen molar-refractivity contribution < 1.29 is 19.7 Å². The predicted octanol–water partition coefficient (Wildman–Crippen LogP) is 0.363. The smallest absolute Gasteiger partial charge is 0.150 e. The molecule has 0 aliphatic carbocycles. The number of aldehydes is 1. The van der Waals surface area contributed by atoms with Crippen LogP contribution in [0.4, 0.5) is 0 Å². The third kappa shape index (κ3) is 2.55. The van der Waals surface area contributed by atoms with E-state index in [4.69, 9.17) is 14.9 Å². The average molecular weight is 196 g/mol. The van der Waals surface area contributed by atoms with Gasteiger partial charge in [0.25, 0.3) is 0 Å². The molecular formula is C10H12O4. The lowest BCUT2D eigenvalue weighted by Gasteiger charge is -2.08. The maximum absolute atomic E-state index is 10.4. The van der Waals surface area contributed by atoms with E-state index in [2.05, 4.69) is 0 Å². The normalized spacial score (nSPS) is 9.86. The molecule has 0 saturated heterocycles. The van der Waals surface area contributed by atoms with Crippen LogP contribution in [0.15, 0.2) is 18.2 Å². The number of aliphatic hydroxyl groups excluding tert-OH is 2. The average Bonchev–Trinajstić information content (AvgIpc) is 2.26. The third-order valence-corrected chi connectivity index (χ3v) is 1.74. The molecule has 1 rings (SSSR count). The van der Waals surface area contributed by atoms with Gasteiger partial charge in [-0.15, -0.1) is 0 Å². The third-order valence-electron chi connectivity index (χ3n) is 1.74. The van der Waals surface area contributed by atoms with Gasteiger partial charge in [-0.25, -0.2) is 0 Å². The van der Waals surface area contributed by atoms with Gasteiger partial charge in [-0.3, -0.25) is 4.79 Å². The fourth-order valence-electron chi connectivity index (χ4n) is 1.09. The van der Waals surface area contributed by atoms with Crippen LogP contribution in [-0.2, 0) is 6.61 Å². The highest BCUT2D eigenvalue weighted by Gasteiger charge is 2.03. The summed E-state index contributed by atoms with van der Waals surface area (Å²) >= 11 is 0. The summed E-state index contributed by atoms with van der Waals surface area (Å²) in [5.74, 6) is 0.493. The van der Waals surface area contributed by atoms with Gasteiger partial charge in [-0.2, -0.15) is 0 Å². The monoisotopic (exact) mass is 196 g/mol. The Morgan fingerprint density at radius 3 is 2.71 bits per heavy atom. The Kier molecular flexibility index (Phi) is 4.10. The first-order valence-electron chi connectivity index (χ1n) is 4.24. The van der Waals surface area contributed by atoms with E-state index < -0.39 is 0 Å². The van der Waals surface area contributed by atoms with Crippen molar-refractivity contribution in [3.05, 3.63) is 29.3 Å². The molecule has 0 unspecified atom stereocenters. The highest BCUT2D eigenvalue weighted by Crippen LogP contribution is 2.19. The Balaban J connectivity index is 2.87. The van der Waals surface area contributed by atoms with Gasteiger partial charge in [0.2, 0.25) is 0 Å². The number of ether oxygens (including phenoxy) is 1. The Bertz CT molecular complexity index is 309. The van der Waals surface area contributed by atoms with Gasteiger partial charge < -0.3 is 14.9 Å². The van der Waals surface area contributed by atoms with Crippen molar-refractivity contribution in [3.63, 3.8) is 0 Å². The first kappa shape index (κ1) is 10.7. The highest BCUT2D eigenvalue weighted by atomic mass is 16.5. The van der Waals surface area contributed by atoms with Crippen LogP contribution in [0, 0.1) is 0 Å². The molecule has 0 aliphatic heterocycles. The molecule has 4 heteroatoms. The molecule has 0 fully saturated rings. The lowest BCUT2D eigenvalue weighted by Crippen LogP contribution is -2.04. The summed E-state index contributed by atoms with van der Waals surface area (Å²) in [6.07, 6.45) is 0.703. The molecular weight excluding hydrogens is 184 g/mol. The summed E-state index contributed by atoms with van der Waals surface area (Å²) in [6.45, 7) is -0.101. The van der Waals surface area contributed by atoms with E-state index in [9.17, 15) is 4.79 Å². The van der Waals surface area contributed by atoms with Crippen molar-refractivity contribution in [1.29, 1.82) is 0 Å². The predicted molar refractivity (Wildman–Crippen MR) is 50.3 cm³/mol. The maximum atomic E-state index is 10.4. The van der Waals surface area contributed by atoms with Crippen molar-refractivity contribution in [2.24, 2.45) is 0 Å². The summed E-state index contributed by atoms with van der Waals surface area (Å²) in [6, 6.07) is 4.75. The first-order chi connectivity index (χ1) is 6.81. The minimum Gasteiger partial charge on any atom is -0.491 e. The van der Waals surface area contributed by atoms with Crippen LogP contribution in [0.25, 0.3) is 0 Å². The van der Waals surface area contributed by atoms with Crippen LogP contribution in [0.1, 0.15) is 15.9 Å². The van der Waals surface area contributed by atoms with Crippen LogP contribution >= 0.6 is 0 Å². The van der Waals surface area contributed by atoms with Crippen molar-refractivity contribution in [2.75, 3.05) is 13.2 Å². The van der Waals surface area contributed by atoms with E-state index in [0.29, 0.717) is 23.2 Å². The summed E-state index contributed by atoms with van der Waals surface area (Å²) in [5.41, 5.74) is 1.04. The zero-order valence-electron chi connectivity index (χ0n) is 7.64. The minimum atomic E-state index is -0.192. The fraction of sp³-hybridized carbons (Fsp3) is 0.300. The Morgan fingerprint density at radius 2 is 2.14 bits per heavy atom. The second-order valence-electron chi connectivity index (χ2n) is 2.72. The Labute approximate surface area is 81.8 Å². The second kappa shape index (κ2) is 5.36. The van der Waals surface area contributed by atoms with Gasteiger partial charge in [0, 0.05) is 11.1 Å². The zero-order valence-corrected chi connectivity index (χ0v) is 7.64. The second-order valence-corrected chi connectivity index (χ2v) is 2.72. The number of aliphatic hydroxyl groups is 2. The largest absolute Gasteiger partial charge is 0.491 e. The van der Waals surface area contributed by atoms with Gasteiger partial charge in [-0.1, -0.05) is 0 Å². The summed E-state index contributed by atoms with van der Waals surface area (Å²) < 4.78 is 5.15. The van der Waals surface area contributed by atoms with E-state index in [1.54, 1.807) is 18.2 Å². The number of hydrogen-bond donors (Lipinski definition) is 2. The highest BCUT2D eigenvalue weighted by molar-refractivity contribution is 5.75. The first-order valence-corrected chi connectivity index (χ1v) is 4.24. The Morgan fingerprint density at radius 1 is 1.36 bits per heavy atom. The molecule has 76 valence electrons. The molecule has 2 N–H and O–H groups in total. The lowest BCUT2D eigenvalue weighted by atomic mass is 10.1. The number of rotatable bonds is 5. The standard InChI is InChI=1S/C10H12O4/c11-3-4-14-10-2-1-8(6-12)5-9(10)7-13/h1-2,5-6,11,13H,3-4,7H2. The molecule has 0 radical (unpaired) electrons. The molecule has 0 aliphatic rings. The number of benzene rings is 1. The van der Waals surface area contributed by atoms with E-state index in [1.807, 2.05) is 0 Å². The quantitative estimate of drug-likeness (QED) is 0.667. The van der Waals surface area contributed by atoms with Crippen LogP contribution in [0.5, 0.6) is 5.75 Å². The zero-order chi connectivity index (χ0) is 10.4. The SMILES string of the molecule is O=Cc1ccc(OCCO)c(CO)c1. The summed E-state index contributed by atoms with van der Waals surface area (Å²) in [5, 5.41) is 17.5. The van der Waals surface area contributed by atoms with Crippen molar-refractivity contribution in [2.45, 2.75) is 6.61 Å². The van der Waals surface area contributed by atoms with E-state index in [0.717, 1.165) is 0 Å². The van der Waals surface area contributed by atoms with Crippen molar-refractivity contribution >= 4 is 6.29 Å². The van der Waals surface area contributed by atoms with Gasteiger partial charge in [0.05, 0.1) is 13.2 Å². The molecule has 1 aromatic rings. The number of carbonyl (C=O) groups excluding carboxylic acids is 1. The minimum absolute atomic E-state index is 0.0830. The van der Waals surface area contributed by atoms with Gasteiger partial charge >= 0.3 is 0 Å². The fourth-order valence-corrected chi connectivity index (χ4v) is 1.09. The molecule has 0 bridgehead atoms. The van der Waals surface area contributed by atoms with Gasteiger partial charge in [-0.05, 0) is 18.2 Å². The summed E-state index contributed by atoms with van der Waals surface area (Å²) in [7, 11) is 0. The number of carbonyl (C=O) groups is 1. The summed E-state index contributed by atoms with van der Waals surface area (Å²) in [4.78, 5) is 10.4. The molecule has 1 aromatic carbocycles.